The lowest BCUT2D eigenvalue weighted by Gasteiger charge is -2.09. The van der Waals surface area contributed by atoms with Crippen molar-refractivity contribution >= 4 is 35.4 Å². The Morgan fingerprint density at radius 3 is 1.51 bits per heavy atom. The summed E-state index contributed by atoms with van der Waals surface area (Å²) in [5.41, 5.74) is 9.74. The van der Waals surface area contributed by atoms with Gasteiger partial charge in [0.25, 0.3) is 0 Å². The molecule has 2 heterocycles. The molecule has 0 fully saturated rings. The second kappa shape index (κ2) is 36.4. The van der Waals surface area contributed by atoms with E-state index in [1.807, 2.05) is 31.2 Å². The largest absolute Gasteiger partial charge is 0.420 e. The topological polar surface area (TPSA) is 241 Å². The van der Waals surface area contributed by atoms with Gasteiger partial charge in [0.15, 0.2) is 11.6 Å². The maximum Gasteiger partial charge on any atom is 0.313 e. The summed E-state index contributed by atoms with van der Waals surface area (Å²) < 4.78 is 112. The van der Waals surface area contributed by atoms with Crippen LogP contribution in [0, 0.1) is 23.3 Å². The Balaban J connectivity index is 0.835. The Kier molecular flexibility index (Phi) is 29.9. The predicted octanol–water partition coefficient (Wildman–Crippen LogP) is 4.17. The summed E-state index contributed by atoms with van der Waals surface area (Å²) in [4.78, 5) is 49.9. The summed E-state index contributed by atoms with van der Waals surface area (Å²) in [5.74, 6) is -9.06. The van der Waals surface area contributed by atoms with Crippen LogP contribution >= 0.6 is 0 Å². The van der Waals surface area contributed by atoms with E-state index in [-0.39, 0.29) is 70.3 Å². The zero-order valence-electron chi connectivity index (χ0n) is 41.1. The predicted molar refractivity (Wildman–Crippen MR) is 256 cm³/mol. The molecule has 0 atom stereocenters. The number of aromatic nitrogens is 2. The molecule has 404 valence electrons. The van der Waals surface area contributed by atoms with Gasteiger partial charge in [0, 0.05) is 54.5 Å². The van der Waals surface area contributed by atoms with Gasteiger partial charge in [0.1, 0.15) is 11.7 Å². The SMILES string of the molecule is CCCNC(=O)C1=Cc2ccc(-c3cnc(CNC(=O)CCOCCOCCOCCOCCOCCOCCOCCOCCOCCOCCC(=O)Oc4c(F)c(F)cc(F)c4F)nc3)cc2N=C(N)C1. The highest BCUT2D eigenvalue weighted by Crippen LogP contribution is 2.31. The van der Waals surface area contributed by atoms with Crippen LogP contribution in [0.3, 0.4) is 0 Å². The molecule has 1 aliphatic heterocycles. The van der Waals surface area contributed by atoms with Crippen molar-refractivity contribution in [1.29, 1.82) is 0 Å². The molecule has 24 heteroatoms. The molecular formula is C49H66F4N6O14. The number of fused-ring (bicyclic) bond motifs is 1. The van der Waals surface area contributed by atoms with E-state index in [4.69, 9.17) is 53.1 Å². The summed E-state index contributed by atoms with van der Waals surface area (Å²) in [5, 5.41) is 5.69. The molecule has 1 aromatic heterocycles. The highest BCUT2D eigenvalue weighted by Gasteiger charge is 2.23. The van der Waals surface area contributed by atoms with Crippen LogP contribution in [0.15, 0.2) is 47.2 Å². The van der Waals surface area contributed by atoms with Gasteiger partial charge in [-0.3, -0.25) is 14.4 Å². The van der Waals surface area contributed by atoms with E-state index < -0.39 is 41.4 Å². The van der Waals surface area contributed by atoms with Gasteiger partial charge in [0.05, 0.1) is 151 Å². The quantitative estimate of drug-likeness (QED) is 0.0238. The average Bonchev–Trinajstić information content (AvgIpc) is 3.56. The minimum absolute atomic E-state index is 0.0138. The number of carbonyl (C=O) groups excluding carboxylic acids is 3. The lowest BCUT2D eigenvalue weighted by Crippen LogP contribution is -2.27. The highest BCUT2D eigenvalue weighted by atomic mass is 19.2. The van der Waals surface area contributed by atoms with E-state index in [2.05, 4.69) is 30.3 Å². The van der Waals surface area contributed by atoms with Crippen molar-refractivity contribution < 1.29 is 84.1 Å². The molecule has 20 nitrogen and oxygen atoms in total. The maximum absolute atomic E-state index is 13.6. The third kappa shape index (κ3) is 24.8. The molecule has 2 amide bonds. The van der Waals surface area contributed by atoms with Crippen molar-refractivity contribution in [3.05, 3.63) is 76.9 Å². The number of aliphatic imine (C=N–C) groups is 1. The molecule has 0 aliphatic carbocycles. The molecule has 4 N–H and O–H groups in total. The molecule has 2 aromatic carbocycles. The number of nitrogens with one attached hydrogen (secondary N) is 2. The van der Waals surface area contributed by atoms with Crippen LogP contribution in [0.1, 0.15) is 44.0 Å². The Hall–Kier alpha value is -5.54. The Bertz CT molecular complexity index is 2150. The van der Waals surface area contributed by atoms with Gasteiger partial charge in [-0.15, -0.1) is 0 Å². The minimum atomic E-state index is -1.80. The van der Waals surface area contributed by atoms with Gasteiger partial charge in [-0.05, 0) is 24.1 Å². The molecule has 4 rings (SSSR count). The fraction of sp³-hybridized carbons (Fsp3) is 0.551. The maximum atomic E-state index is 13.6. The van der Waals surface area contributed by atoms with E-state index in [0.717, 1.165) is 23.1 Å². The first-order chi connectivity index (χ1) is 35.5. The molecule has 0 spiro atoms. The average molecular weight is 1040 g/mol. The zero-order valence-corrected chi connectivity index (χ0v) is 41.1. The number of rotatable bonds is 40. The lowest BCUT2D eigenvalue weighted by molar-refractivity contribution is -0.136. The number of nitrogens with two attached hydrogens (primary N) is 1. The fourth-order valence-electron chi connectivity index (χ4n) is 6.14. The molecule has 0 bridgehead atoms. The number of carbonyl (C=O) groups is 3. The van der Waals surface area contributed by atoms with E-state index in [9.17, 15) is 31.9 Å². The summed E-state index contributed by atoms with van der Waals surface area (Å²) in [6, 6.07) is 5.69. The second-order valence-corrected chi connectivity index (χ2v) is 15.5. The van der Waals surface area contributed by atoms with Crippen LogP contribution in [0.2, 0.25) is 0 Å². The smallest absolute Gasteiger partial charge is 0.313 e. The van der Waals surface area contributed by atoms with Crippen molar-refractivity contribution in [2.75, 3.05) is 139 Å². The van der Waals surface area contributed by atoms with Gasteiger partial charge in [-0.2, -0.15) is 8.78 Å². The molecule has 0 radical (unpaired) electrons. The van der Waals surface area contributed by atoms with Crippen molar-refractivity contribution in [1.82, 2.24) is 20.6 Å². The van der Waals surface area contributed by atoms with Crippen LogP contribution in [0.5, 0.6) is 5.75 Å². The normalized spacial score (nSPS) is 12.2. The van der Waals surface area contributed by atoms with Crippen LogP contribution in [-0.2, 0) is 68.3 Å². The minimum Gasteiger partial charge on any atom is -0.420 e. The van der Waals surface area contributed by atoms with E-state index in [1.165, 1.54) is 0 Å². The summed E-state index contributed by atoms with van der Waals surface area (Å²) in [7, 11) is 0. The monoisotopic (exact) mass is 1040 g/mol. The molecule has 73 heavy (non-hydrogen) atoms. The van der Waals surface area contributed by atoms with Crippen molar-refractivity contribution in [3.63, 3.8) is 0 Å². The fourth-order valence-corrected chi connectivity index (χ4v) is 6.14. The molecular weight excluding hydrogens is 973 g/mol. The van der Waals surface area contributed by atoms with E-state index in [1.54, 1.807) is 12.4 Å². The third-order valence-corrected chi connectivity index (χ3v) is 9.86. The van der Waals surface area contributed by atoms with Gasteiger partial charge in [-0.1, -0.05) is 19.1 Å². The number of esters is 1. The van der Waals surface area contributed by atoms with Gasteiger partial charge >= 0.3 is 5.97 Å². The van der Waals surface area contributed by atoms with Gasteiger partial charge in [0.2, 0.25) is 29.2 Å². The number of benzene rings is 2. The summed E-state index contributed by atoms with van der Waals surface area (Å²) in [6.07, 6.45) is 6.05. The Labute approximate surface area is 421 Å². The molecule has 0 saturated heterocycles. The lowest BCUT2D eigenvalue weighted by atomic mass is 10.0. The zero-order chi connectivity index (χ0) is 52.3. The first-order valence-corrected chi connectivity index (χ1v) is 23.9. The first kappa shape index (κ1) is 60.0. The summed E-state index contributed by atoms with van der Waals surface area (Å²) in [6.45, 7) is 9.26. The summed E-state index contributed by atoms with van der Waals surface area (Å²) >= 11 is 0. The third-order valence-electron chi connectivity index (χ3n) is 9.86. The molecule has 3 aromatic rings. The molecule has 1 aliphatic rings. The van der Waals surface area contributed by atoms with Gasteiger partial charge in [-0.25, -0.2) is 23.7 Å². The molecule has 0 unspecified atom stereocenters. The number of halogens is 4. The van der Waals surface area contributed by atoms with Crippen molar-refractivity contribution in [2.45, 2.75) is 39.2 Å². The second-order valence-electron chi connectivity index (χ2n) is 15.5. The standard InChI is InChI=1S/C49H66F4N6O14/c1-2-7-55-49(62)37-28-36-4-3-35(29-41(36)59-42(54)30-37)38-32-56-43(57-33-38)34-58-44(60)5-8-63-10-12-65-14-16-67-18-20-69-22-24-71-26-27-72-25-23-70-21-19-68-17-15-66-13-11-64-9-6-45(61)73-48-46(52)39(50)31-40(51)47(48)53/h3-4,28-29,31-33H,2,5-27,30,34H2,1H3,(H2,54,59)(H,55,62)(H,58,60). The number of amides is 2. The number of hydrogen-bond donors (Lipinski definition) is 3. The Morgan fingerprint density at radius 1 is 0.589 bits per heavy atom. The van der Waals surface area contributed by atoms with E-state index in [0.29, 0.717) is 129 Å². The number of hydrogen-bond acceptors (Lipinski definition) is 18. The van der Waals surface area contributed by atoms with Crippen LogP contribution in [0.4, 0.5) is 23.2 Å². The van der Waals surface area contributed by atoms with Gasteiger partial charge < -0.3 is 68.5 Å². The highest BCUT2D eigenvalue weighted by molar-refractivity contribution is 6.05. The molecule has 0 saturated carbocycles. The number of ether oxygens (including phenoxy) is 11. The van der Waals surface area contributed by atoms with E-state index >= 15 is 0 Å². The van der Waals surface area contributed by atoms with Crippen molar-refractivity contribution in [2.24, 2.45) is 10.7 Å². The van der Waals surface area contributed by atoms with Crippen LogP contribution < -0.4 is 21.1 Å². The Morgan fingerprint density at radius 2 is 1.04 bits per heavy atom. The number of nitrogens with zero attached hydrogens (tertiary/aromatic N) is 3. The van der Waals surface area contributed by atoms with Crippen LogP contribution in [0.25, 0.3) is 17.2 Å². The number of amidine groups is 1. The van der Waals surface area contributed by atoms with Crippen LogP contribution in [-0.4, -0.2) is 172 Å². The van der Waals surface area contributed by atoms with Crippen molar-refractivity contribution in [3.8, 4) is 16.9 Å². The first-order valence-electron chi connectivity index (χ1n) is 23.9.